The number of aromatic nitrogens is 2. The monoisotopic (exact) mass is 428 g/mol. The van der Waals surface area contributed by atoms with Crippen molar-refractivity contribution >= 4 is 57.7 Å². The number of imide groups is 1. The number of amides is 2. The highest BCUT2D eigenvalue weighted by Gasteiger charge is 2.25. The van der Waals surface area contributed by atoms with E-state index in [0.29, 0.717) is 28.0 Å². The number of rotatable bonds is 5. The van der Waals surface area contributed by atoms with Gasteiger partial charge in [0.15, 0.2) is 0 Å². The van der Waals surface area contributed by atoms with E-state index in [0.717, 1.165) is 27.8 Å². The molecule has 0 radical (unpaired) electrons. The maximum absolute atomic E-state index is 11.7. The lowest BCUT2D eigenvalue weighted by atomic mass is 10.2. The predicted molar refractivity (Wildman–Crippen MR) is 113 cm³/mol. The normalized spacial score (nSPS) is 15.1. The van der Waals surface area contributed by atoms with Gasteiger partial charge in [-0.25, -0.2) is 4.98 Å². The summed E-state index contributed by atoms with van der Waals surface area (Å²) in [4.78, 5) is 33.0. The van der Waals surface area contributed by atoms with Crippen LogP contribution in [0.1, 0.15) is 10.4 Å². The molecule has 2 N–H and O–H groups in total. The quantitative estimate of drug-likeness (QED) is 0.568. The minimum absolute atomic E-state index is 0.351. The Morgan fingerprint density at radius 1 is 1.21 bits per heavy atom. The van der Waals surface area contributed by atoms with Gasteiger partial charge in [0.2, 0.25) is 0 Å². The molecule has 0 saturated carbocycles. The first-order chi connectivity index (χ1) is 13.6. The lowest BCUT2D eigenvalue weighted by molar-refractivity contribution is -0.115. The fraction of sp³-hybridized carbons (Fsp3) is 0.0526. The maximum atomic E-state index is 11.7. The third-order valence-electron chi connectivity index (χ3n) is 3.88. The minimum atomic E-state index is -0.365. The molecular formula is C19H13ClN4O2S2. The van der Waals surface area contributed by atoms with Crippen molar-refractivity contribution in [2.75, 3.05) is 5.32 Å². The highest BCUT2D eigenvalue weighted by Crippen LogP contribution is 2.30. The van der Waals surface area contributed by atoms with Crippen LogP contribution in [0.2, 0.25) is 5.02 Å². The van der Waals surface area contributed by atoms with E-state index < -0.39 is 0 Å². The third kappa shape index (κ3) is 4.24. The lowest BCUT2D eigenvalue weighted by Gasteiger charge is -2.08. The van der Waals surface area contributed by atoms with Crippen LogP contribution in [0.25, 0.3) is 17.3 Å². The fourth-order valence-electron chi connectivity index (χ4n) is 2.53. The van der Waals surface area contributed by atoms with Crippen molar-refractivity contribution in [1.29, 1.82) is 0 Å². The molecule has 0 atom stereocenters. The second kappa shape index (κ2) is 8.14. The van der Waals surface area contributed by atoms with Crippen LogP contribution in [0.5, 0.6) is 0 Å². The molecule has 1 saturated heterocycles. The molecule has 0 unspecified atom stereocenters. The van der Waals surface area contributed by atoms with Crippen LogP contribution in [-0.4, -0.2) is 21.1 Å². The van der Waals surface area contributed by atoms with E-state index in [1.807, 2.05) is 35.7 Å². The number of hydrogen-bond donors (Lipinski definition) is 2. The van der Waals surface area contributed by atoms with Crippen molar-refractivity contribution < 1.29 is 9.59 Å². The summed E-state index contributed by atoms with van der Waals surface area (Å²) in [5, 5.41) is 7.76. The average Bonchev–Trinajstić information content (AvgIpc) is 3.28. The summed E-state index contributed by atoms with van der Waals surface area (Å²) >= 11 is 8.55. The number of thiophene rings is 1. The summed E-state index contributed by atoms with van der Waals surface area (Å²) in [5.74, 6) is 0.273. The van der Waals surface area contributed by atoms with E-state index in [1.54, 1.807) is 18.5 Å². The predicted octanol–water partition coefficient (Wildman–Crippen LogP) is 4.79. The Morgan fingerprint density at radius 3 is 2.86 bits per heavy atom. The molecule has 1 aliphatic rings. The standard InChI is InChI=1S/C19H13ClN4O2S2/c20-14-4-2-1-3-11(14)7-22-17-9-21-8-15(23-17)12-5-13(27-10-12)6-16-18(25)24-19(26)28-16/h1-6,8-10H,7H2,(H,22,23)(H,24,25,26). The zero-order valence-corrected chi connectivity index (χ0v) is 16.7. The molecule has 6 nitrogen and oxygen atoms in total. The molecule has 3 heterocycles. The molecule has 140 valence electrons. The number of carbonyl (C=O) groups excluding carboxylic acids is 2. The van der Waals surface area contributed by atoms with Crippen molar-refractivity contribution in [2.45, 2.75) is 6.54 Å². The zero-order valence-electron chi connectivity index (χ0n) is 14.3. The fourth-order valence-corrected chi connectivity index (χ4v) is 4.31. The molecule has 4 rings (SSSR count). The van der Waals surface area contributed by atoms with E-state index in [4.69, 9.17) is 11.6 Å². The molecule has 3 aromatic rings. The van der Waals surface area contributed by atoms with Crippen molar-refractivity contribution in [3.63, 3.8) is 0 Å². The molecule has 0 spiro atoms. The van der Waals surface area contributed by atoms with Crippen molar-refractivity contribution in [3.05, 3.63) is 68.5 Å². The van der Waals surface area contributed by atoms with Gasteiger partial charge in [0.25, 0.3) is 11.1 Å². The van der Waals surface area contributed by atoms with Gasteiger partial charge in [0.05, 0.1) is 23.0 Å². The van der Waals surface area contributed by atoms with Gasteiger partial charge in [-0.2, -0.15) is 0 Å². The number of anilines is 1. The molecule has 2 amide bonds. The Morgan fingerprint density at radius 2 is 2.07 bits per heavy atom. The van der Waals surface area contributed by atoms with Gasteiger partial charge >= 0.3 is 0 Å². The number of halogens is 1. The second-order valence-electron chi connectivity index (χ2n) is 5.82. The van der Waals surface area contributed by atoms with Crippen LogP contribution >= 0.6 is 34.7 Å². The van der Waals surface area contributed by atoms with Crippen LogP contribution in [0.4, 0.5) is 10.6 Å². The average molecular weight is 429 g/mol. The van der Waals surface area contributed by atoms with Crippen LogP contribution in [0, 0.1) is 0 Å². The summed E-state index contributed by atoms with van der Waals surface area (Å²) < 4.78 is 0. The third-order valence-corrected chi connectivity index (χ3v) is 5.94. The number of nitrogens with one attached hydrogen (secondary N) is 2. The molecule has 1 fully saturated rings. The van der Waals surface area contributed by atoms with Gasteiger partial charge in [-0.1, -0.05) is 29.8 Å². The Bertz CT molecular complexity index is 1100. The van der Waals surface area contributed by atoms with Crippen LogP contribution in [0.15, 0.2) is 53.0 Å². The second-order valence-corrected chi connectivity index (χ2v) is 8.19. The Kier molecular flexibility index (Phi) is 5.43. The molecule has 1 aliphatic heterocycles. The van der Waals surface area contributed by atoms with E-state index in [-0.39, 0.29) is 11.1 Å². The van der Waals surface area contributed by atoms with Crippen molar-refractivity contribution in [2.24, 2.45) is 0 Å². The SMILES string of the molecule is O=C1NC(=O)C(=Cc2cc(-c3cncc(NCc4ccccc4Cl)n3)cs2)S1. The Hall–Kier alpha value is -2.68. The molecule has 28 heavy (non-hydrogen) atoms. The van der Waals surface area contributed by atoms with Crippen LogP contribution in [-0.2, 0) is 11.3 Å². The lowest BCUT2D eigenvalue weighted by Crippen LogP contribution is -2.17. The van der Waals surface area contributed by atoms with E-state index in [2.05, 4.69) is 20.6 Å². The number of hydrogen-bond acceptors (Lipinski definition) is 7. The minimum Gasteiger partial charge on any atom is -0.365 e. The summed E-state index contributed by atoms with van der Waals surface area (Å²) in [5.41, 5.74) is 2.58. The molecular weight excluding hydrogens is 416 g/mol. The number of thioether (sulfide) groups is 1. The number of carbonyl (C=O) groups is 2. The van der Waals surface area contributed by atoms with Crippen LogP contribution in [0.3, 0.4) is 0 Å². The van der Waals surface area contributed by atoms with Crippen LogP contribution < -0.4 is 10.6 Å². The molecule has 0 aliphatic carbocycles. The smallest absolute Gasteiger partial charge is 0.290 e. The number of nitrogens with zero attached hydrogens (tertiary/aromatic N) is 2. The van der Waals surface area contributed by atoms with Gasteiger partial charge in [-0.15, -0.1) is 11.3 Å². The van der Waals surface area contributed by atoms with Gasteiger partial charge in [0.1, 0.15) is 5.82 Å². The largest absolute Gasteiger partial charge is 0.365 e. The van der Waals surface area contributed by atoms with Gasteiger partial charge < -0.3 is 5.32 Å². The van der Waals surface area contributed by atoms with E-state index in [9.17, 15) is 9.59 Å². The molecule has 0 bridgehead atoms. The zero-order chi connectivity index (χ0) is 19.5. The highest BCUT2D eigenvalue weighted by molar-refractivity contribution is 8.18. The molecule has 2 aromatic heterocycles. The topological polar surface area (TPSA) is 84.0 Å². The van der Waals surface area contributed by atoms with Crippen molar-refractivity contribution in [3.8, 4) is 11.3 Å². The Balaban J connectivity index is 1.50. The molecule has 9 heteroatoms. The van der Waals surface area contributed by atoms with Crippen molar-refractivity contribution in [1.82, 2.24) is 15.3 Å². The molecule has 1 aromatic carbocycles. The highest BCUT2D eigenvalue weighted by atomic mass is 35.5. The maximum Gasteiger partial charge on any atom is 0.290 e. The first kappa shape index (κ1) is 18.7. The van der Waals surface area contributed by atoms with E-state index >= 15 is 0 Å². The summed E-state index contributed by atoms with van der Waals surface area (Å²) in [6, 6.07) is 9.53. The summed E-state index contributed by atoms with van der Waals surface area (Å²) in [6.45, 7) is 0.541. The summed E-state index contributed by atoms with van der Waals surface area (Å²) in [7, 11) is 0. The van der Waals surface area contributed by atoms with Gasteiger partial charge in [0, 0.05) is 27.4 Å². The number of benzene rings is 1. The van der Waals surface area contributed by atoms with E-state index in [1.165, 1.54) is 11.3 Å². The first-order valence-electron chi connectivity index (χ1n) is 8.21. The van der Waals surface area contributed by atoms with Gasteiger partial charge in [-0.3, -0.25) is 19.9 Å². The van der Waals surface area contributed by atoms with Gasteiger partial charge in [-0.05, 0) is 35.5 Å². The first-order valence-corrected chi connectivity index (χ1v) is 10.3. The summed E-state index contributed by atoms with van der Waals surface area (Å²) in [6.07, 6.45) is 5.03. The Labute approximate surface area is 174 Å².